The zero-order valence-electron chi connectivity index (χ0n) is 13.2. The Labute approximate surface area is 139 Å². The lowest BCUT2D eigenvalue weighted by Gasteiger charge is -2.33. The molecule has 0 aliphatic carbocycles. The predicted octanol–water partition coefficient (Wildman–Crippen LogP) is 2.19. The van der Waals surface area contributed by atoms with Gasteiger partial charge in [-0.3, -0.25) is 9.89 Å². The molecule has 0 saturated carbocycles. The highest BCUT2D eigenvalue weighted by Gasteiger charge is 2.60. The first-order chi connectivity index (χ1) is 11.7. The van der Waals surface area contributed by atoms with Gasteiger partial charge in [0.15, 0.2) is 5.60 Å². The summed E-state index contributed by atoms with van der Waals surface area (Å²) in [6.45, 7) is 0. The van der Waals surface area contributed by atoms with E-state index >= 15 is 0 Å². The molecule has 10 heteroatoms. The van der Waals surface area contributed by atoms with Crippen molar-refractivity contribution in [3.8, 4) is 22.8 Å². The minimum atomic E-state index is -5.07. The number of carbonyl (C=O) groups excluding carboxylic acids is 1. The van der Waals surface area contributed by atoms with Crippen molar-refractivity contribution in [1.82, 2.24) is 10.2 Å². The van der Waals surface area contributed by atoms with Crippen molar-refractivity contribution in [2.75, 3.05) is 19.5 Å². The third-order valence-electron chi connectivity index (χ3n) is 3.95. The van der Waals surface area contributed by atoms with Crippen molar-refractivity contribution in [1.29, 1.82) is 0 Å². The molecular weight excluding hydrogens is 343 g/mol. The molecule has 25 heavy (non-hydrogen) atoms. The number of hydrogen-bond acceptors (Lipinski definition) is 5. The van der Waals surface area contributed by atoms with Crippen LogP contribution in [0, 0.1) is 0 Å². The number of nitrogens with zero attached hydrogens (tertiary/aromatic N) is 1. The number of fused-ring (bicyclic) bond motifs is 1. The number of ether oxygens (including phenoxy) is 2. The van der Waals surface area contributed by atoms with Gasteiger partial charge in [-0.05, 0) is 12.1 Å². The molecule has 1 aromatic carbocycles. The number of carbonyl (C=O) groups is 1. The summed E-state index contributed by atoms with van der Waals surface area (Å²) in [5.41, 5.74) is -3.84. The maximum atomic E-state index is 13.5. The van der Waals surface area contributed by atoms with Crippen LogP contribution in [0.5, 0.6) is 11.5 Å². The molecule has 0 saturated heterocycles. The summed E-state index contributed by atoms with van der Waals surface area (Å²) in [5.74, 6) is -0.596. The van der Waals surface area contributed by atoms with Crippen LogP contribution in [-0.2, 0) is 10.4 Å². The Morgan fingerprint density at radius 2 is 1.80 bits per heavy atom. The van der Waals surface area contributed by atoms with Gasteiger partial charge < -0.3 is 19.9 Å². The van der Waals surface area contributed by atoms with E-state index in [1.54, 1.807) is 6.07 Å². The molecule has 134 valence electrons. The lowest BCUT2D eigenvalue weighted by atomic mass is 9.84. The number of anilines is 1. The number of halogens is 3. The molecule has 1 aliphatic heterocycles. The van der Waals surface area contributed by atoms with E-state index in [1.807, 2.05) is 0 Å². The Morgan fingerprint density at radius 3 is 2.32 bits per heavy atom. The summed E-state index contributed by atoms with van der Waals surface area (Å²) in [4.78, 5) is 11.6. The van der Waals surface area contributed by atoms with Crippen LogP contribution in [0.15, 0.2) is 18.2 Å². The van der Waals surface area contributed by atoms with Gasteiger partial charge in [0.25, 0.3) is 0 Å². The van der Waals surface area contributed by atoms with Gasteiger partial charge in [0.1, 0.15) is 23.0 Å². The molecule has 1 aliphatic rings. The van der Waals surface area contributed by atoms with Crippen LogP contribution in [0.2, 0.25) is 0 Å². The fourth-order valence-corrected chi connectivity index (χ4v) is 2.73. The lowest BCUT2D eigenvalue weighted by molar-refractivity contribution is -0.267. The number of aliphatic hydroxyl groups is 1. The summed E-state index contributed by atoms with van der Waals surface area (Å²) in [7, 11) is 2.79. The molecule has 3 rings (SSSR count). The second-order valence-electron chi connectivity index (χ2n) is 5.51. The number of aromatic amines is 1. The summed E-state index contributed by atoms with van der Waals surface area (Å²) in [6.07, 6.45) is -6.22. The molecule has 1 aromatic heterocycles. The minimum absolute atomic E-state index is 0.160. The largest absolute Gasteiger partial charge is 0.497 e. The Bertz CT molecular complexity index is 812. The van der Waals surface area contributed by atoms with E-state index in [0.29, 0.717) is 11.5 Å². The normalized spacial score (nSPS) is 20.0. The topological polar surface area (TPSA) is 96.5 Å². The molecule has 1 unspecified atom stereocenters. The number of nitrogens with one attached hydrogen (secondary N) is 2. The molecule has 3 N–H and O–H groups in total. The van der Waals surface area contributed by atoms with Crippen molar-refractivity contribution in [2.24, 2.45) is 0 Å². The van der Waals surface area contributed by atoms with Gasteiger partial charge in [0, 0.05) is 11.6 Å². The molecule has 2 heterocycles. The van der Waals surface area contributed by atoms with E-state index in [2.05, 4.69) is 15.5 Å². The number of benzene rings is 1. The first-order valence-electron chi connectivity index (χ1n) is 7.11. The van der Waals surface area contributed by atoms with Gasteiger partial charge in [0.2, 0.25) is 5.91 Å². The van der Waals surface area contributed by atoms with E-state index in [9.17, 15) is 23.1 Å². The summed E-state index contributed by atoms with van der Waals surface area (Å²) >= 11 is 0. The highest BCUT2D eigenvalue weighted by molar-refractivity contribution is 5.96. The van der Waals surface area contributed by atoms with Gasteiger partial charge in [-0.15, -0.1) is 0 Å². The zero-order valence-corrected chi connectivity index (χ0v) is 13.2. The number of alkyl halides is 3. The van der Waals surface area contributed by atoms with Crippen LogP contribution in [-0.4, -0.2) is 41.6 Å². The average molecular weight is 357 g/mol. The molecule has 1 atom stereocenters. The van der Waals surface area contributed by atoms with Crippen LogP contribution in [0.4, 0.5) is 19.0 Å². The van der Waals surface area contributed by atoms with Crippen molar-refractivity contribution < 1.29 is 32.5 Å². The fraction of sp³-hybridized carbons (Fsp3) is 0.333. The first kappa shape index (κ1) is 17.1. The van der Waals surface area contributed by atoms with Gasteiger partial charge in [-0.25, -0.2) is 0 Å². The molecule has 0 radical (unpaired) electrons. The van der Waals surface area contributed by atoms with Gasteiger partial charge >= 0.3 is 6.18 Å². The van der Waals surface area contributed by atoms with Crippen LogP contribution < -0.4 is 14.8 Å². The Balaban J connectivity index is 2.24. The third kappa shape index (κ3) is 2.68. The summed E-state index contributed by atoms with van der Waals surface area (Å²) < 4.78 is 50.8. The van der Waals surface area contributed by atoms with Crippen molar-refractivity contribution in [2.45, 2.75) is 18.2 Å². The number of rotatable bonds is 3. The Hall–Kier alpha value is -2.75. The monoisotopic (exact) mass is 357 g/mol. The molecule has 2 aromatic rings. The number of aromatic nitrogens is 2. The summed E-state index contributed by atoms with van der Waals surface area (Å²) in [5, 5.41) is 18.7. The second-order valence-corrected chi connectivity index (χ2v) is 5.51. The van der Waals surface area contributed by atoms with Gasteiger partial charge in [0.05, 0.1) is 26.2 Å². The van der Waals surface area contributed by atoms with Crippen LogP contribution in [0.1, 0.15) is 12.0 Å². The third-order valence-corrected chi connectivity index (χ3v) is 3.95. The Kier molecular flexibility index (Phi) is 3.87. The first-order valence-corrected chi connectivity index (χ1v) is 7.11. The Morgan fingerprint density at radius 1 is 1.20 bits per heavy atom. The van der Waals surface area contributed by atoms with E-state index < -0.39 is 29.7 Å². The SMILES string of the molecule is COc1cc(OC)cc(-c2n[nH]c3c2C(O)(C(F)(F)F)CC(=O)N3)c1. The number of H-pyrrole nitrogens is 1. The highest BCUT2D eigenvalue weighted by Crippen LogP contribution is 2.50. The smallest absolute Gasteiger partial charge is 0.422 e. The van der Waals surface area contributed by atoms with Crippen molar-refractivity contribution >= 4 is 11.7 Å². The maximum absolute atomic E-state index is 13.5. The molecule has 0 fully saturated rings. The fourth-order valence-electron chi connectivity index (χ4n) is 2.73. The zero-order chi connectivity index (χ0) is 18.4. The van der Waals surface area contributed by atoms with Gasteiger partial charge in [-0.1, -0.05) is 0 Å². The molecule has 7 nitrogen and oxygen atoms in total. The summed E-state index contributed by atoms with van der Waals surface area (Å²) in [6, 6.07) is 4.44. The van der Waals surface area contributed by atoms with Crippen LogP contribution in [0.3, 0.4) is 0 Å². The minimum Gasteiger partial charge on any atom is -0.497 e. The molecule has 0 spiro atoms. The average Bonchev–Trinajstić information content (AvgIpc) is 2.97. The number of amides is 1. The second kappa shape index (κ2) is 5.66. The molecular formula is C15H14F3N3O4. The van der Waals surface area contributed by atoms with Crippen LogP contribution in [0.25, 0.3) is 11.3 Å². The maximum Gasteiger partial charge on any atom is 0.422 e. The quantitative estimate of drug-likeness (QED) is 0.783. The lowest BCUT2D eigenvalue weighted by Crippen LogP contribution is -2.48. The number of methoxy groups -OCH3 is 2. The van der Waals surface area contributed by atoms with E-state index in [-0.39, 0.29) is 17.1 Å². The van der Waals surface area contributed by atoms with Crippen molar-refractivity contribution in [3.63, 3.8) is 0 Å². The molecule has 0 bridgehead atoms. The van der Waals surface area contributed by atoms with Gasteiger partial charge in [-0.2, -0.15) is 18.3 Å². The number of hydrogen-bond donors (Lipinski definition) is 3. The molecule has 1 amide bonds. The van der Waals surface area contributed by atoms with E-state index in [4.69, 9.17) is 9.47 Å². The standard InChI is InChI=1S/C15H14F3N3O4/c1-24-8-3-7(4-9(5-8)25-2)12-11-13(21-20-12)19-10(22)6-14(11,23)15(16,17)18/h3-5,23H,6H2,1-2H3,(H2,19,20,21,22). The van der Waals surface area contributed by atoms with Crippen LogP contribution >= 0.6 is 0 Å². The van der Waals surface area contributed by atoms with E-state index in [1.165, 1.54) is 26.4 Å². The van der Waals surface area contributed by atoms with Crippen molar-refractivity contribution in [3.05, 3.63) is 23.8 Å². The van der Waals surface area contributed by atoms with E-state index in [0.717, 1.165) is 0 Å². The predicted molar refractivity (Wildman–Crippen MR) is 80.3 cm³/mol. The highest BCUT2D eigenvalue weighted by atomic mass is 19.4.